The highest BCUT2D eigenvalue weighted by atomic mass is 35.5. The first-order valence-electron chi connectivity index (χ1n) is 8.19. The summed E-state index contributed by atoms with van der Waals surface area (Å²) in [6.07, 6.45) is 7.96. The molecule has 0 spiro atoms. The summed E-state index contributed by atoms with van der Waals surface area (Å²) in [5.41, 5.74) is 0.372. The van der Waals surface area contributed by atoms with Crippen molar-refractivity contribution in [2.24, 2.45) is 0 Å². The fourth-order valence-electron chi connectivity index (χ4n) is 2.53. The largest absolute Gasteiger partial charge is 0.511 e. The lowest BCUT2D eigenvalue weighted by molar-refractivity contribution is 0.142. The van der Waals surface area contributed by atoms with Crippen LogP contribution in [0.15, 0.2) is 0 Å². The molecule has 136 valence electrons. The Bertz CT molecular complexity index is 562. The maximum atomic E-state index is 10.8. The van der Waals surface area contributed by atoms with Gasteiger partial charge in [0.2, 0.25) is 0 Å². The van der Waals surface area contributed by atoms with Crippen molar-refractivity contribution in [2.45, 2.75) is 64.7 Å². The molecule has 0 fully saturated rings. The minimum atomic E-state index is -1.54. The van der Waals surface area contributed by atoms with E-state index in [9.17, 15) is 9.90 Å². The van der Waals surface area contributed by atoms with Gasteiger partial charge in [-0.25, -0.2) is 4.79 Å². The second kappa shape index (κ2) is 10.9. The van der Waals surface area contributed by atoms with Crippen molar-refractivity contribution in [3.05, 3.63) is 20.6 Å². The van der Waals surface area contributed by atoms with Gasteiger partial charge in [0.05, 0.1) is 10.0 Å². The normalized spacial score (nSPS) is 10.8. The molecule has 0 bridgehead atoms. The zero-order valence-electron chi connectivity index (χ0n) is 13.7. The van der Waals surface area contributed by atoms with Crippen LogP contribution in [0.1, 0.15) is 63.9 Å². The average Bonchev–Trinajstić information content (AvgIpc) is 2.55. The molecule has 1 aromatic rings. The second-order valence-corrected chi connectivity index (χ2v) is 6.82. The molecule has 24 heavy (non-hydrogen) atoms. The van der Waals surface area contributed by atoms with Crippen LogP contribution in [0, 0.1) is 0 Å². The van der Waals surface area contributed by atoms with E-state index < -0.39 is 11.9 Å². The highest BCUT2D eigenvalue weighted by Crippen LogP contribution is 2.47. The van der Waals surface area contributed by atoms with Gasteiger partial charge in [-0.1, -0.05) is 86.7 Å². The third kappa shape index (κ3) is 6.23. The third-order valence-electron chi connectivity index (χ3n) is 3.82. The molecule has 0 saturated heterocycles. The number of carbonyl (C=O) groups is 1. The molecule has 2 N–H and O–H groups in total. The summed E-state index contributed by atoms with van der Waals surface area (Å²) in [6, 6.07) is 0. The molecule has 0 aromatic heterocycles. The predicted octanol–water partition coefficient (Wildman–Crippen LogP) is 7.09. The lowest BCUT2D eigenvalue weighted by Crippen LogP contribution is -2.07. The summed E-state index contributed by atoms with van der Waals surface area (Å²) in [6.45, 7) is 2.19. The number of ether oxygens (including phenoxy) is 1. The van der Waals surface area contributed by atoms with Crippen molar-refractivity contribution < 1.29 is 19.7 Å². The number of unbranched alkanes of at least 4 members (excludes halogenated alkanes) is 7. The summed E-state index contributed by atoms with van der Waals surface area (Å²) in [4.78, 5) is 10.8. The van der Waals surface area contributed by atoms with E-state index in [0.717, 1.165) is 19.3 Å². The van der Waals surface area contributed by atoms with E-state index in [2.05, 4.69) is 11.7 Å². The monoisotopic (exact) mass is 396 g/mol. The summed E-state index contributed by atoms with van der Waals surface area (Å²) >= 11 is 18.0. The zero-order chi connectivity index (χ0) is 18.1. The van der Waals surface area contributed by atoms with E-state index in [4.69, 9.17) is 39.9 Å². The summed E-state index contributed by atoms with van der Waals surface area (Å²) in [5, 5.41) is 18.7. The van der Waals surface area contributed by atoms with E-state index in [1.807, 2.05) is 0 Å². The molecular formula is C17H23Cl3O4. The number of phenols is 1. The lowest BCUT2D eigenvalue weighted by Gasteiger charge is -2.15. The standard InChI is InChI=1S/C17H23Cl3O4/c1-2-3-4-5-6-7-8-9-10-11-12(18)13(19)14(20)15(21)16(11)24-17(22)23/h21H,2-10H2,1H3,(H,22,23). The van der Waals surface area contributed by atoms with Gasteiger partial charge in [0.25, 0.3) is 0 Å². The Labute approximate surface area is 157 Å². The first-order chi connectivity index (χ1) is 11.4. The van der Waals surface area contributed by atoms with Crippen LogP contribution in [0.4, 0.5) is 4.79 Å². The van der Waals surface area contributed by atoms with Gasteiger partial charge in [-0.05, 0) is 12.8 Å². The van der Waals surface area contributed by atoms with Gasteiger partial charge in [0.1, 0.15) is 5.02 Å². The van der Waals surface area contributed by atoms with Crippen molar-refractivity contribution in [3.63, 3.8) is 0 Å². The highest BCUT2D eigenvalue weighted by Gasteiger charge is 2.23. The van der Waals surface area contributed by atoms with Gasteiger partial charge in [-0.2, -0.15) is 0 Å². The Hall–Kier alpha value is -0.840. The minimum absolute atomic E-state index is 0.00291. The molecule has 0 saturated carbocycles. The van der Waals surface area contributed by atoms with Crippen LogP contribution in [-0.4, -0.2) is 16.4 Å². The highest BCUT2D eigenvalue weighted by molar-refractivity contribution is 6.49. The van der Waals surface area contributed by atoms with Gasteiger partial charge in [-0.15, -0.1) is 0 Å². The molecule has 1 rings (SSSR count). The molecule has 0 atom stereocenters. The average molecular weight is 398 g/mol. The van der Waals surface area contributed by atoms with Crippen LogP contribution in [0.3, 0.4) is 0 Å². The number of benzene rings is 1. The molecule has 0 aliphatic carbocycles. The van der Waals surface area contributed by atoms with Crippen molar-refractivity contribution in [3.8, 4) is 11.5 Å². The number of halogens is 3. The first-order valence-corrected chi connectivity index (χ1v) is 9.32. The second-order valence-electron chi connectivity index (χ2n) is 5.69. The minimum Gasteiger partial charge on any atom is -0.503 e. The predicted molar refractivity (Wildman–Crippen MR) is 98.1 cm³/mol. The molecule has 0 aliphatic rings. The summed E-state index contributed by atoms with van der Waals surface area (Å²) in [5.74, 6) is -0.729. The van der Waals surface area contributed by atoms with Gasteiger partial charge in [-0.3, -0.25) is 0 Å². The molecule has 0 aliphatic heterocycles. The zero-order valence-corrected chi connectivity index (χ0v) is 16.0. The van der Waals surface area contributed by atoms with Crippen molar-refractivity contribution in [1.29, 1.82) is 0 Å². The van der Waals surface area contributed by atoms with E-state index in [0.29, 0.717) is 12.0 Å². The lowest BCUT2D eigenvalue weighted by atomic mass is 10.0. The summed E-state index contributed by atoms with van der Waals surface area (Å²) in [7, 11) is 0. The van der Waals surface area contributed by atoms with Crippen molar-refractivity contribution in [1.82, 2.24) is 0 Å². The number of carboxylic acid groups (broad SMARTS) is 1. The van der Waals surface area contributed by atoms with E-state index in [1.165, 1.54) is 32.1 Å². The quantitative estimate of drug-likeness (QED) is 0.191. The van der Waals surface area contributed by atoms with Gasteiger partial charge < -0.3 is 14.9 Å². The van der Waals surface area contributed by atoms with Gasteiger partial charge >= 0.3 is 6.16 Å². The summed E-state index contributed by atoms with van der Waals surface area (Å²) < 4.78 is 4.65. The Morgan fingerprint density at radius 2 is 1.46 bits per heavy atom. The van der Waals surface area contributed by atoms with Crippen LogP contribution in [0.5, 0.6) is 11.5 Å². The van der Waals surface area contributed by atoms with Crippen LogP contribution in [0.2, 0.25) is 15.1 Å². The maximum Gasteiger partial charge on any atom is 0.511 e. The fourth-order valence-corrected chi connectivity index (χ4v) is 3.24. The number of hydrogen-bond acceptors (Lipinski definition) is 3. The van der Waals surface area contributed by atoms with Gasteiger partial charge in [0, 0.05) is 5.56 Å². The van der Waals surface area contributed by atoms with E-state index in [1.54, 1.807) is 0 Å². The molecule has 4 nitrogen and oxygen atoms in total. The number of phenolic OH excluding ortho intramolecular Hbond substituents is 1. The topological polar surface area (TPSA) is 66.8 Å². The van der Waals surface area contributed by atoms with Crippen LogP contribution >= 0.6 is 34.8 Å². The molecule has 0 radical (unpaired) electrons. The molecule has 0 unspecified atom stereocenters. The van der Waals surface area contributed by atoms with Crippen molar-refractivity contribution >= 4 is 41.0 Å². The Morgan fingerprint density at radius 1 is 0.917 bits per heavy atom. The SMILES string of the molecule is CCCCCCCCCCc1c(Cl)c(Cl)c(Cl)c(O)c1OC(=O)O. The number of rotatable bonds is 10. The number of aromatic hydroxyl groups is 1. The van der Waals surface area contributed by atoms with E-state index in [-0.39, 0.29) is 20.8 Å². The van der Waals surface area contributed by atoms with Crippen LogP contribution in [0.25, 0.3) is 0 Å². The Morgan fingerprint density at radius 3 is 2.00 bits per heavy atom. The molecule has 0 heterocycles. The van der Waals surface area contributed by atoms with Crippen LogP contribution in [-0.2, 0) is 6.42 Å². The van der Waals surface area contributed by atoms with E-state index >= 15 is 0 Å². The molecule has 7 heteroatoms. The number of hydrogen-bond donors (Lipinski definition) is 2. The molecule has 1 aromatic carbocycles. The Balaban J connectivity index is 2.67. The third-order valence-corrected chi connectivity index (χ3v) is 5.17. The maximum absolute atomic E-state index is 10.8. The molecule has 0 amide bonds. The molecular weight excluding hydrogens is 375 g/mol. The Kier molecular flexibility index (Phi) is 9.64. The first kappa shape index (κ1) is 21.2. The van der Waals surface area contributed by atoms with Gasteiger partial charge in [0.15, 0.2) is 11.5 Å². The fraction of sp³-hybridized carbons (Fsp3) is 0.588. The van der Waals surface area contributed by atoms with Crippen LogP contribution < -0.4 is 4.74 Å². The van der Waals surface area contributed by atoms with Crippen molar-refractivity contribution in [2.75, 3.05) is 0 Å². The smallest absolute Gasteiger partial charge is 0.503 e.